The van der Waals surface area contributed by atoms with Gasteiger partial charge in [0.25, 0.3) is 5.56 Å². The summed E-state index contributed by atoms with van der Waals surface area (Å²) in [5.41, 5.74) is 1.74. The molecule has 168 valence electrons. The fourth-order valence-electron chi connectivity index (χ4n) is 3.47. The van der Waals surface area contributed by atoms with Gasteiger partial charge in [-0.3, -0.25) is 9.59 Å². The summed E-state index contributed by atoms with van der Waals surface area (Å²) in [7, 11) is 1.57. The predicted octanol–water partition coefficient (Wildman–Crippen LogP) is 3.31. The Morgan fingerprint density at radius 2 is 1.68 bits per heavy atom. The number of hydrogen-bond acceptors (Lipinski definition) is 7. The SMILES string of the molecule is COc1cc(/C=c2/sc3nc(=O)c(-c4ccccc4)nn3c2=O)ccc1OCc1ccccc1. The molecule has 0 aliphatic rings. The Bertz CT molecular complexity index is 1630. The highest BCUT2D eigenvalue weighted by molar-refractivity contribution is 7.15. The van der Waals surface area contributed by atoms with Gasteiger partial charge < -0.3 is 9.47 Å². The van der Waals surface area contributed by atoms with Gasteiger partial charge in [0.1, 0.15) is 6.61 Å². The third-order valence-corrected chi connectivity index (χ3v) is 6.11. The van der Waals surface area contributed by atoms with E-state index in [1.807, 2.05) is 42.5 Å². The van der Waals surface area contributed by atoms with Crippen LogP contribution >= 0.6 is 11.3 Å². The van der Waals surface area contributed by atoms with Gasteiger partial charge in [0.2, 0.25) is 4.96 Å². The van der Waals surface area contributed by atoms with Crippen LogP contribution in [0.15, 0.2) is 88.5 Å². The Morgan fingerprint density at radius 1 is 0.941 bits per heavy atom. The smallest absolute Gasteiger partial charge is 0.300 e. The first kappa shape index (κ1) is 21.5. The summed E-state index contributed by atoms with van der Waals surface area (Å²) in [6.45, 7) is 0.413. The standard InChI is InChI=1S/C26H19N3O4S/c1-32-21-14-18(12-13-20(21)33-16-17-8-4-2-5-9-17)15-22-25(31)29-26(34-22)27-24(30)23(28-29)19-10-6-3-7-11-19/h2-15H,16H2,1H3/b22-15+. The second-order valence-corrected chi connectivity index (χ2v) is 8.44. The summed E-state index contributed by atoms with van der Waals surface area (Å²) in [5.74, 6) is 1.15. The molecule has 0 bridgehead atoms. The molecule has 2 aromatic heterocycles. The maximum absolute atomic E-state index is 13.0. The first-order valence-electron chi connectivity index (χ1n) is 10.5. The molecule has 0 fully saturated rings. The highest BCUT2D eigenvalue weighted by Gasteiger charge is 2.13. The third kappa shape index (κ3) is 4.31. The number of rotatable bonds is 6. The first-order valence-corrected chi connectivity index (χ1v) is 11.3. The van der Waals surface area contributed by atoms with Gasteiger partial charge in [-0.2, -0.15) is 14.6 Å². The van der Waals surface area contributed by atoms with Gasteiger partial charge in [-0.25, -0.2) is 0 Å². The number of methoxy groups -OCH3 is 1. The molecule has 0 radical (unpaired) electrons. The fourth-order valence-corrected chi connectivity index (χ4v) is 4.37. The lowest BCUT2D eigenvalue weighted by Gasteiger charge is -2.11. The van der Waals surface area contributed by atoms with Gasteiger partial charge in [-0.1, -0.05) is 78.1 Å². The van der Waals surface area contributed by atoms with Crippen LogP contribution in [0.25, 0.3) is 22.3 Å². The van der Waals surface area contributed by atoms with Gasteiger partial charge in [-0.05, 0) is 29.3 Å². The van der Waals surface area contributed by atoms with Crippen LogP contribution in [-0.2, 0) is 6.61 Å². The molecule has 0 N–H and O–H groups in total. The Morgan fingerprint density at radius 3 is 2.41 bits per heavy atom. The quantitative estimate of drug-likeness (QED) is 0.380. The van der Waals surface area contributed by atoms with E-state index < -0.39 is 5.56 Å². The van der Waals surface area contributed by atoms with Crippen LogP contribution in [0.4, 0.5) is 0 Å². The van der Waals surface area contributed by atoms with Crippen molar-refractivity contribution < 1.29 is 9.47 Å². The first-order chi connectivity index (χ1) is 16.6. The van der Waals surface area contributed by atoms with Crippen LogP contribution in [0.5, 0.6) is 11.5 Å². The fraction of sp³-hybridized carbons (Fsp3) is 0.0769. The Labute approximate surface area is 198 Å². The number of benzene rings is 3. The molecule has 7 nitrogen and oxygen atoms in total. The van der Waals surface area contributed by atoms with E-state index in [-0.39, 0.29) is 16.2 Å². The second kappa shape index (κ2) is 9.29. The van der Waals surface area contributed by atoms with Gasteiger partial charge in [0.05, 0.1) is 11.6 Å². The van der Waals surface area contributed by atoms with E-state index in [0.717, 1.165) is 22.5 Å². The predicted molar refractivity (Wildman–Crippen MR) is 131 cm³/mol. The number of aromatic nitrogens is 3. The number of ether oxygens (including phenoxy) is 2. The van der Waals surface area contributed by atoms with Crippen molar-refractivity contribution in [2.24, 2.45) is 0 Å². The summed E-state index contributed by atoms with van der Waals surface area (Å²) in [6.07, 6.45) is 1.72. The van der Waals surface area contributed by atoms with E-state index in [2.05, 4.69) is 10.1 Å². The molecule has 5 rings (SSSR count). The van der Waals surface area contributed by atoms with E-state index in [1.165, 1.54) is 4.52 Å². The van der Waals surface area contributed by atoms with E-state index in [0.29, 0.717) is 28.2 Å². The molecular weight excluding hydrogens is 450 g/mol. The van der Waals surface area contributed by atoms with Gasteiger partial charge in [0.15, 0.2) is 17.2 Å². The minimum atomic E-state index is -0.472. The van der Waals surface area contributed by atoms with Crippen molar-refractivity contribution in [3.63, 3.8) is 0 Å². The molecule has 0 amide bonds. The van der Waals surface area contributed by atoms with Crippen molar-refractivity contribution >= 4 is 22.4 Å². The summed E-state index contributed by atoms with van der Waals surface area (Å²) in [4.78, 5) is 29.8. The number of fused-ring (bicyclic) bond motifs is 1. The van der Waals surface area contributed by atoms with Crippen molar-refractivity contribution in [2.45, 2.75) is 6.61 Å². The molecule has 0 aliphatic carbocycles. The second-order valence-electron chi connectivity index (χ2n) is 7.43. The molecule has 0 spiro atoms. The van der Waals surface area contributed by atoms with E-state index >= 15 is 0 Å². The van der Waals surface area contributed by atoms with Crippen LogP contribution in [-0.4, -0.2) is 21.7 Å². The Balaban J connectivity index is 1.49. The molecule has 2 heterocycles. The average molecular weight is 470 g/mol. The molecule has 0 aliphatic heterocycles. The molecule has 5 aromatic rings. The average Bonchev–Trinajstić information content (AvgIpc) is 3.17. The van der Waals surface area contributed by atoms with Crippen molar-refractivity contribution in [2.75, 3.05) is 7.11 Å². The van der Waals surface area contributed by atoms with E-state index in [4.69, 9.17) is 9.47 Å². The summed E-state index contributed by atoms with van der Waals surface area (Å²) >= 11 is 1.11. The Kier molecular flexibility index (Phi) is 5.88. The van der Waals surface area contributed by atoms with Gasteiger partial charge >= 0.3 is 5.56 Å². The van der Waals surface area contributed by atoms with Crippen LogP contribution in [0.1, 0.15) is 11.1 Å². The van der Waals surface area contributed by atoms with Gasteiger partial charge in [0, 0.05) is 5.56 Å². The summed E-state index contributed by atoms with van der Waals surface area (Å²) in [5, 5.41) is 4.28. The van der Waals surface area contributed by atoms with Crippen LogP contribution in [0.2, 0.25) is 0 Å². The summed E-state index contributed by atoms with van der Waals surface area (Å²) in [6, 6.07) is 24.3. The van der Waals surface area contributed by atoms with Crippen molar-refractivity contribution in [1.82, 2.24) is 14.6 Å². The largest absolute Gasteiger partial charge is 0.493 e. The lowest BCUT2D eigenvalue weighted by molar-refractivity contribution is 0.284. The molecule has 34 heavy (non-hydrogen) atoms. The van der Waals surface area contributed by atoms with Crippen molar-refractivity contribution in [3.8, 4) is 22.8 Å². The van der Waals surface area contributed by atoms with Gasteiger partial charge in [-0.15, -0.1) is 0 Å². The van der Waals surface area contributed by atoms with Crippen molar-refractivity contribution in [1.29, 1.82) is 0 Å². The Hall–Kier alpha value is -4.30. The maximum atomic E-state index is 13.0. The van der Waals surface area contributed by atoms with Crippen molar-refractivity contribution in [3.05, 3.63) is 115 Å². The van der Waals surface area contributed by atoms with E-state index in [9.17, 15) is 9.59 Å². The number of hydrogen-bond donors (Lipinski definition) is 0. The molecular formula is C26H19N3O4S. The molecule has 0 atom stereocenters. The molecule has 0 saturated carbocycles. The molecule has 0 unspecified atom stereocenters. The topological polar surface area (TPSA) is 82.8 Å². The zero-order valence-electron chi connectivity index (χ0n) is 18.2. The van der Waals surface area contributed by atoms with E-state index in [1.54, 1.807) is 49.6 Å². The molecule has 8 heteroatoms. The normalized spacial score (nSPS) is 11.6. The highest BCUT2D eigenvalue weighted by Crippen LogP contribution is 2.29. The monoisotopic (exact) mass is 469 g/mol. The highest BCUT2D eigenvalue weighted by atomic mass is 32.1. The number of thiazole rings is 1. The molecule has 0 saturated heterocycles. The molecule has 3 aromatic carbocycles. The maximum Gasteiger partial charge on any atom is 0.300 e. The van der Waals surface area contributed by atoms with Crippen LogP contribution in [0, 0.1) is 0 Å². The lowest BCUT2D eigenvalue weighted by Crippen LogP contribution is -2.26. The third-order valence-electron chi connectivity index (χ3n) is 5.16. The van der Waals surface area contributed by atoms with Crippen LogP contribution < -0.4 is 25.1 Å². The lowest BCUT2D eigenvalue weighted by atomic mass is 10.2. The minimum Gasteiger partial charge on any atom is -0.493 e. The number of nitrogens with zero attached hydrogens (tertiary/aromatic N) is 3. The summed E-state index contributed by atoms with van der Waals surface area (Å²) < 4.78 is 13.0. The zero-order chi connectivity index (χ0) is 23.5. The minimum absolute atomic E-state index is 0.140. The van der Waals surface area contributed by atoms with Crippen LogP contribution in [0.3, 0.4) is 0 Å². The zero-order valence-corrected chi connectivity index (χ0v) is 19.0.